The number of methoxy groups -OCH3 is 1. The summed E-state index contributed by atoms with van der Waals surface area (Å²) in [6.07, 6.45) is 2.72. The first kappa shape index (κ1) is 17.8. The van der Waals surface area contributed by atoms with Gasteiger partial charge in [0.15, 0.2) is 0 Å². The molecule has 1 fully saturated rings. The van der Waals surface area contributed by atoms with Gasteiger partial charge >= 0.3 is 12.0 Å². The summed E-state index contributed by atoms with van der Waals surface area (Å²) in [4.78, 5) is 25.0. The second-order valence-electron chi connectivity index (χ2n) is 6.13. The van der Waals surface area contributed by atoms with E-state index in [2.05, 4.69) is 5.32 Å². The Bertz CT molecular complexity index is 352. The lowest BCUT2D eigenvalue weighted by atomic mass is 9.86. The van der Waals surface area contributed by atoms with Crippen molar-refractivity contribution < 1.29 is 19.4 Å². The number of carbonyl (C=O) groups excluding carboxylic acids is 1. The molecule has 0 heterocycles. The van der Waals surface area contributed by atoms with Gasteiger partial charge in [-0.05, 0) is 46.5 Å². The van der Waals surface area contributed by atoms with E-state index < -0.39 is 5.97 Å². The quantitative estimate of drug-likeness (QED) is 0.787. The summed E-state index contributed by atoms with van der Waals surface area (Å²) >= 11 is 0. The highest BCUT2D eigenvalue weighted by molar-refractivity contribution is 5.75. The van der Waals surface area contributed by atoms with Crippen molar-refractivity contribution >= 4 is 12.0 Å². The summed E-state index contributed by atoms with van der Waals surface area (Å²) in [5.74, 6) is -0.981. The number of nitrogens with one attached hydrogen (secondary N) is 1. The molecule has 0 radical (unpaired) electrons. The summed E-state index contributed by atoms with van der Waals surface area (Å²) in [6.45, 7) is 6.43. The van der Waals surface area contributed by atoms with E-state index in [1.54, 1.807) is 12.0 Å². The fourth-order valence-electron chi connectivity index (χ4n) is 2.62. The molecule has 6 heteroatoms. The molecule has 122 valence electrons. The van der Waals surface area contributed by atoms with Crippen LogP contribution in [0.5, 0.6) is 0 Å². The molecule has 6 nitrogen and oxygen atoms in total. The van der Waals surface area contributed by atoms with Gasteiger partial charge in [-0.25, -0.2) is 4.79 Å². The monoisotopic (exact) mass is 300 g/mol. The van der Waals surface area contributed by atoms with Crippen molar-refractivity contribution in [3.8, 4) is 0 Å². The van der Waals surface area contributed by atoms with Crippen LogP contribution in [0.2, 0.25) is 0 Å². The summed E-state index contributed by atoms with van der Waals surface area (Å²) in [5, 5.41) is 12.0. The summed E-state index contributed by atoms with van der Waals surface area (Å²) in [7, 11) is 1.63. The average molecular weight is 300 g/mol. The third kappa shape index (κ3) is 5.53. The molecule has 21 heavy (non-hydrogen) atoms. The smallest absolute Gasteiger partial charge is 0.317 e. The lowest BCUT2D eigenvalue weighted by molar-refractivity contribution is -0.142. The van der Waals surface area contributed by atoms with Gasteiger partial charge in [0.05, 0.1) is 12.0 Å². The summed E-state index contributed by atoms with van der Waals surface area (Å²) in [6, 6.07) is 0.0813. The maximum absolute atomic E-state index is 12.4. The molecule has 0 spiro atoms. The topological polar surface area (TPSA) is 78.9 Å². The van der Waals surface area contributed by atoms with E-state index in [0.717, 1.165) is 12.8 Å². The number of carbonyl (C=O) groups is 2. The molecule has 1 aliphatic rings. The molecule has 0 saturated heterocycles. The summed E-state index contributed by atoms with van der Waals surface area (Å²) < 4.78 is 5.22. The Morgan fingerprint density at radius 1 is 1.24 bits per heavy atom. The molecule has 0 aromatic carbocycles. The molecule has 0 aliphatic heterocycles. The lowest BCUT2D eigenvalue weighted by Gasteiger charge is -2.33. The van der Waals surface area contributed by atoms with Crippen molar-refractivity contribution in [2.45, 2.75) is 64.6 Å². The Labute approximate surface area is 126 Å². The second kappa shape index (κ2) is 8.22. The molecular formula is C15H28N2O4. The highest BCUT2D eigenvalue weighted by atomic mass is 16.5. The van der Waals surface area contributed by atoms with Gasteiger partial charge in [-0.1, -0.05) is 0 Å². The minimum Gasteiger partial charge on any atom is -0.481 e. The molecular weight excluding hydrogens is 272 g/mol. The van der Waals surface area contributed by atoms with Crippen LogP contribution in [0.25, 0.3) is 0 Å². The highest BCUT2D eigenvalue weighted by Gasteiger charge is 2.28. The van der Waals surface area contributed by atoms with Crippen molar-refractivity contribution in [1.82, 2.24) is 10.2 Å². The number of hydrogen-bond acceptors (Lipinski definition) is 3. The molecule has 1 aliphatic carbocycles. The predicted molar refractivity (Wildman–Crippen MR) is 80.2 cm³/mol. The van der Waals surface area contributed by atoms with Gasteiger partial charge in [-0.3, -0.25) is 4.79 Å². The number of carboxylic acids is 1. The van der Waals surface area contributed by atoms with E-state index in [9.17, 15) is 9.59 Å². The van der Waals surface area contributed by atoms with Crippen LogP contribution >= 0.6 is 0 Å². The van der Waals surface area contributed by atoms with Crippen LogP contribution in [0.4, 0.5) is 4.79 Å². The molecule has 1 saturated carbocycles. The zero-order valence-electron chi connectivity index (χ0n) is 13.5. The van der Waals surface area contributed by atoms with Crippen LogP contribution in [0.1, 0.15) is 46.5 Å². The molecule has 1 atom stereocenters. The van der Waals surface area contributed by atoms with Crippen LogP contribution < -0.4 is 5.32 Å². The molecule has 0 aromatic heterocycles. The van der Waals surface area contributed by atoms with Gasteiger partial charge in [0.1, 0.15) is 0 Å². The largest absolute Gasteiger partial charge is 0.481 e. The van der Waals surface area contributed by atoms with E-state index in [0.29, 0.717) is 19.4 Å². The molecule has 1 unspecified atom stereocenters. The van der Waals surface area contributed by atoms with Crippen LogP contribution in [0.15, 0.2) is 0 Å². The van der Waals surface area contributed by atoms with Crippen molar-refractivity contribution in [3.05, 3.63) is 0 Å². The van der Waals surface area contributed by atoms with Crippen LogP contribution in [0, 0.1) is 5.92 Å². The Balaban J connectivity index is 2.49. The Hall–Kier alpha value is -1.30. The fraction of sp³-hybridized carbons (Fsp3) is 0.867. The normalized spacial score (nSPS) is 23.7. The first-order valence-electron chi connectivity index (χ1n) is 7.67. The first-order valence-corrected chi connectivity index (χ1v) is 7.67. The zero-order chi connectivity index (χ0) is 16.0. The van der Waals surface area contributed by atoms with Gasteiger partial charge < -0.3 is 20.1 Å². The third-order valence-electron chi connectivity index (χ3n) is 4.14. The number of nitrogens with zero attached hydrogens (tertiary/aromatic N) is 1. The number of hydrogen-bond donors (Lipinski definition) is 2. The fourth-order valence-corrected chi connectivity index (χ4v) is 2.62. The molecule has 0 bridgehead atoms. The maximum atomic E-state index is 12.4. The van der Waals surface area contributed by atoms with E-state index in [-0.39, 0.29) is 30.1 Å². The third-order valence-corrected chi connectivity index (χ3v) is 4.14. The Morgan fingerprint density at radius 2 is 1.81 bits per heavy atom. The van der Waals surface area contributed by atoms with Crippen molar-refractivity contribution in [1.29, 1.82) is 0 Å². The van der Waals surface area contributed by atoms with E-state index in [1.165, 1.54) is 0 Å². The van der Waals surface area contributed by atoms with Crippen molar-refractivity contribution in [2.75, 3.05) is 13.7 Å². The number of ether oxygens (including phenoxy) is 1. The van der Waals surface area contributed by atoms with Gasteiger partial charge in [0, 0.05) is 25.7 Å². The number of carboxylic acid groups (broad SMARTS) is 1. The molecule has 0 aromatic rings. The van der Waals surface area contributed by atoms with Crippen molar-refractivity contribution in [2.24, 2.45) is 5.92 Å². The van der Waals surface area contributed by atoms with Gasteiger partial charge in [0.2, 0.25) is 0 Å². The van der Waals surface area contributed by atoms with Crippen LogP contribution in [0.3, 0.4) is 0 Å². The number of amides is 2. The molecule has 1 rings (SSSR count). The standard InChI is InChI=1S/C15H28N2O4/c1-10(2)17(9-11(3)21-4)15(20)16-13-7-5-12(6-8-13)14(18)19/h10-13H,5-9H2,1-4H3,(H,16,20)(H,18,19). The number of aliphatic carboxylic acids is 1. The van der Waals surface area contributed by atoms with Gasteiger partial charge in [-0.15, -0.1) is 0 Å². The minimum atomic E-state index is -0.725. The SMILES string of the molecule is COC(C)CN(C(=O)NC1CCC(C(=O)O)CC1)C(C)C. The highest BCUT2D eigenvalue weighted by Crippen LogP contribution is 2.24. The number of urea groups is 1. The van der Waals surface area contributed by atoms with E-state index in [1.807, 2.05) is 20.8 Å². The van der Waals surface area contributed by atoms with Gasteiger partial charge in [0.25, 0.3) is 0 Å². The maximum Gasteiger partial charge on any atom is 0.317 e. The van der Waals surface area contributed by atoms with Crippen LogP contribution in [-0.2, 0) is 9.53 Å². The van der Waals surface area contributed by atoms with Crippen LogP contribution in [-0.4, -0.2) is 53.8 Å². The van der Waals surface area contributed by atoms with Crippen molar-refractivity contribution in [3.63, 3.8) is 0 Å². The van der Waals surface area contributed by atoms with E-state index >= 15 is 0 Å². The average Bonchev–Trinajstić information content (AvgIpc) is 2.44. The molecule has 2 N–H and O–H groups in total. The van der Waals surface area contributed by atoms with Gasteiger partial charge in [-0.2, -0.15) is 0 Å². The Morgan fingerprint density at radius 3 is 2.24 bits per heavy atom. The predicted octanol–water partition coefficient (Wildman–Crippen LogP) is 2.08. The summed E-state index contributed by atoms with van der Waals surface area (Å²) in [5.41, 5.74) is 0. The first-order chi connectivity index (χ1) is 9.85. The number of rotatable bonds is 6. The lowest BCUT2D eigenvalue weighted by Crippen LogP contribution is -2.50. The molecule has 2 amide bonds. The van der Waals surface area contributed by atoms with E-state index in [4.69, 9.17) is 9.84 Å². The Kier molecular flexibility index (Phi) is 6.95. The second-order valence-corrected chi connectivity index (χ2v) is 6.13. The minimum absolute atomic E-state index is 0.0131. The zero-order valence-corrected chi connectivity index (χ0v) is 13.5.